The van der Waals surface area contributed by atoms with E-state index in [1.54, 1.807) is 12.3 Å². The van der Waals surface area contributed by atoms with Gasteiger partial charge in [-0.05, 0) is 42.6 Å². The summed E-state index contributed by atoms with van der Waals surface area (Å²) >= 11 is 12.3. The second-order valence-electron chi connectivity index (χ2n) is 11.2. The number of hydrogen-bond donors (Lipinski definition) is 0. The molecule has 0 atom stereocenters. The summed E-state index contributed by atoms with van der Waals surface area (Å²) in [5.41, 5.74) is 3.01. The highest BCUT2D eigenvalue weighted by molar-refractivity contribution is 6.76. The summed E-state index contributed by atoms with van der Waals surface area (Å²) < 4.78 is 10.3. The van der Waals surface area contributed by atoms with Crippen LogP contribution in [0.5, 0.6) is 0 Å². The Balaban J connectivity index is 1.35. The van der Waals surface area contributed by atoms with Gasteiger partial charge in [0.25, 0.3) is 0 Å². The molecule has 1 aliphatic heterocycles. The lowest BCUT2D eigenvalue weighted by atomic mass is 10.0. The number of halogens is 2. The third kappa shape index (κ3) is 5.96. The molecule has 0 bridgehead atoms. The predicted molar refractivity (Wildman–Crippen MR) is 156 cm³/mol. The molecule has 1 aliphatic rings. The number of benzene rings is 1. The maximum atomic E-state index is 12.8. The zero-order chi connectivity index (χ0) is 26.2. The molecule has 1 aromatic carbocycles. The molecule has 0 N–H and O–H groups in total. The Morgan fingerprint density at radius 1 is 1.03 bits per heavy atom. The monoisotopic (exact) mass is 556 g/mol. The van der Waals surface area contributed by atoms with Crippen LogP contribution < -0.4 is 5.43 Å². The highest BCUT2D eigenvalue weighted by Gasteiger charge is 2.23. The Labute approximate surface area is 228 Å². The Hall–Kier alpha value is -2.16. The molecule has 6 nitrogen and oxygen atoms in total. The molecular weight excluding hydrogens is 523 g/mol. The summed E-state index contributed by atoms with van der Waals surface area (Å²) in [7, 11) is -1.14. The van der Waals surface area contributed by atoms with Gasteiger partial charge in [0.1, 0.15) is 12.4 Å². The molecule has 0 spiro atoms. The van der Waals surface area contributed by atoms with Crippen LogP contribution in [0.3, 0.4) is 0 Å². The van der Waals surface area contributed by atoms with Gasteiger partial charge in [-0.15, -0.1) is 0 Å². The van der Waals surface area contributed by atoms with Gasteiger partial charge in [0.2, 0.25) is 0 Å². The minimum atomic E-state index is -1.14. The smallest absolute Gasteiger partial charge is 0.190 e. The summed E-state index contributed by atoms with van der Waals surface area (Å²) in [5.74, 6) is 0. The number of ether oxygens (including phenoxy) is 1. The molecular formula is C28H34Cl2N4O2Si. The molecule has 37 heavy (non-hydrogen) atoms. The van der Waals surface area contributed by atoms with Crippen LogP contribution in [0.2, 0.25) is 35.7 Å². The SMILES string of the molecule is C[Si](C)(C)CCOCn1ccc2c1ncc1c(=O)ccn(C3CCN(Cc4ccc(Cl)c(Cl)c4)CC3)c12. The molecule has 0 amide bonds. The number of nitrogens with zero attached hydrogens (tertiary/aromatic N) is 4. The van der Waals surface area contributed by atoms with Crippen molar-refractivity contribution in [1.29, 1.82) is 0 Å². The Bertz CT molecular complexity index is 1470. The van der Waals surface area contributed by atoms with Crippen molar-refractivity contribution in [2.75, 3.05) is 19.7 Å². The van der Waals surface area contributed by atoms with Gasteiger partial charge in [-0.3, -0.25) is 9.69 Å². The highest BCUT2D eigenvalue weighted by Crippen LogP contribution is 2.31. The Kier molecular flexibility index (Phi) is 7.80. The first-order valence-electron chi connectivity index (χ1n) is 12.9. The summed E-state index contributed by atoms with van der Waals surface area (Å²) in [4.78, 5) is 19.9. The van der Waals surface area contributed by atoms with Crippen LogP contribution in [0, 0.1) is 0 Å². The quantitative estimate of drug-likeness (QED) is 0.177. The van der Waals surface area contributed by atoms with Gasteiger partial charge < -0.3 is 13.9 Å². The van der Waals surface area contributed by atoms with Crippen LogP contribution in [-0.2, 0) is 18.0 Å². The minimum Gasteiger partial charge on any atom is -0.361 e. The Morgan fingerprint density at radius 2 is 1.81 bits per heavy atom. The molecule has 4 aromatic rings. The maximum Gasteiger partial charge on any atom is 0.190 e. The van der Waals surface area contributed by atoms with E-state index in [2.05, 4.69) is 40.2 Å². The van der Waals surface area contributed by atoms with Crippen LogP contribution in [0.4, 0.5) is 0 Å². The topological polar surface area (TPSA) is 52.3 Å². The fourth-order valence-corrected chi connectivity index (χ4v) is 6.17. The molecule has 4 heterocycles. The third-order valence-electron chi connectivity index (χ3n) is 7.24. The van der Waals surface area contributed by atoms with Crippen LogP contribution in [0.25, 0.3) is 21.9 Å². The number of aromatic nitrogens is 3. The van der Waals surface area contributed by atoms with Gasteiger partial charge >= 0.3 is 0 Å². The standard InChI is InChI=1S/C28H34Cl2N4O2Si/c1-37(2,3)15-14-36-19-33-12-8-22-27-23(17-31-28(22)33)26(35)9-13-34(27)21-6-10-32(11-7-21)18-20-4-5-24(29)25(30)16-20/h4-5,8-9,12-13,16-17,21H,6-7,10-11,14-15,18-19H2,1-3H3. The summed E-state index contributed by atoms with van der Waals surface area (Å²) in [5, 5.41) is 2.86. The van der Waals surface area contributed by atoms with Gasteiger partial charge in [0, 0.05) is 70.4 Å². The molecule has 3 aromatic heterocycles. The lowest BCUT2D eigenvalue weighted by Gasteiger charge is -2.34. The molecule has 0 unspecified atom stereocenters. The van der Waals surface area contributed by atoms with Crippen molar-refractivity contribution >= 4 is 53.2 Å². The normalized spacial score (nSPS) is 15.7. The van der Waals surface area contributed by atoms with Crippen LogP contribution in [0.15, 0.2) is 53.7 Å². The lowest BCUT2D eigenvalue weighted by Crippen LogP contribution is -2.34. The van der Waals surface area contributed by atoms with E-state index >= 15 is 0 Å². The van der Waals surface area contributed by atoms with Crippen molar-refractivity contribution in [3.05, 3.63) is 74.8 Å². The van der Waals surface area contributed by atoms with Crippen molar-refractivity contribution in [1.82, 2.24) is 19.0 Å². The second-order valence-corrected chi connectivity index (χ2v) is 17.7. The molecule has 0 aliphatic carbocycles. The van der Waals surface area contributed by atoms with Crippen LogP contribution >= 0.6 is 23.2 Å². The lowest BCUT2D eigenvalue weighted by molar-refractivity contribution is 0.0899. The number of likely N-dealkylation sites (tertiary alicyclic amines) is 1. The summed E-state index contributed by atoms with van der Waals surface area (Å²) in [6.45, 7) is 11.1. The van der Waals surface area contributed by atoms with Crippen molar-refractivity contribution in [2.24, 2.45) is 0 Å². The van der Waals surface area contributed by atoms with E-state index in [1.165, 1.54) is 5.56 Å². The number of rotatable bonds is 8. The molecule has 196 valence electrons. The van der Waals surface area contributed by atoms with E-state index in [1.807, 2.05) is 35.2 Å². The van der Waals surface area contributed by atoms with Gasteiger partial charge in [-0.25, -0.2) is 4.98 Å². The minimum absolute atomic E-state index is 0.0110. The first-order chi connectivity index (χ1) is 17.7. The average Bonchev–Trinajstić information content (AvgIpc) is 3.28. The van der Waals surface area contributed by atoms with Crippen LogP contribution in [0.1, 0.15) is 24.4 Å². The average molecular weight is 558 g/mol. The molecule has 9 heteroatoms. The van der Waals surface area contributed by atoms with Crippen molar-refractivity contribution in [3.63, 3.8) is 0 Å². The number of hydrogen-bond acceptors (Lipinski definition) is 4. The zero-order valence-corrected chi connectivity index (χ0v) is 24.2. The summed E-state index contributed by atoms with van der Waals surface area (Å²) in [6, 6.07) is 11.0. The van der Waals surface area contributed by atoms with E-state index in [9.17, 15) is 4.79 Å². The Morgan fingerprint density at radius 3 is 2.54 bits per heavy atom. The number of pyridine rings is 2. The van der Waals surface area contributed by atoms with Gasteiger partial charge in [0.15, 0.2) is 5.43 Å². The number of fused-ring (bicyclic) bond motifs is 3. The zero-order valence-electron chi connectivity index (χ0n) is 21.7. The molecule has 5 rings (SSSR count). The molecule has 0 saturated carbocycles. The third-order valence-corrected chi connectivity index (χ3v) is 9.68. The van der Waals surface area contributed by atoms with Crippen molar-refractivity contribution in [3.8, 4) is 0 Å². The maximum absolute atomic E-state index is 12.8. The first kappa shape index (κ1) is 26.4. The van der Waals surface area contributed by atoms with Gasteiger partial charge in [0.05, 0.1) is 20.9 Å². The van der Waals surface area contributed by atoms with E-state index < -0.39 is 8.07 Å². The number of piperidine rings is 1. The van der Waals surface area contributed by atoms with Crippen LogP contribution in [-0.4, -0.2) is 46.8 Å². The summed E-state index contributed by atoms with van der Waals surface area (Å²) in [6.07, 6.45) is 7.72. The molecule has 1 fully saturated rings. The fourth-order valence-electron chi connectivity index (χ4n) is 5.10. The van der Waals surface area contributed by atoms with E-state index in [0.717, 1.165) is 61.7 Å². The first-order valence-corrected chi connectivity index (χ1v) is 17.4. The molecule has 1 saturated heterocycles. The predicted octanol–water partition coefficient (Wildman–Crippen LogP) is 6.81. The van der Waals surface area contributed by atoms with Crippen molar-refractivity contribution < 1.29 is 4.74 Å². The highest BCUT2D eigenvalue weighted by atomic mass is 35.5. The largest absolute Gasteiger partial charge is 0.361 e. The van der Waals surface area contributed by atoms with Crippen molar-refractivity contribution in [2.45, 2.75) is 57.8 Å². The van der Waals surface area contributed by atoms with Gasteiger partial charge in [-0.1, -0.05) is 48.9 Å². The van der Waals surface area contributed by atoms with E-state index in [-0.39, 0.29) is 5.43 Å². The van der Waals surface area contributed by atoms with E-state index in [4.69, 9.17) is 27.9 Å². The molecule has 0 radical (unpaired) electrons. The second kappa shape index (κ2) is 10.9. The van der Waals surface area contributed by atoms with Gasteiger partial charge in [-0.2, -0.15) is 0 Å². The van der Waals surface area contributed by atoms with E-state index in [0.29, 0.717) is 28.2 Å². The fraction of sp³-hybridized carbons (Fsp3) is 0.429.